The van der Waals surface area contributed by atoms with Gasteiger partial charge in [0.05, 0.1) is 0 Å². The fourth-order valence-corrected chi connectivity index (χ4v) is 9.34. The molecule has 7 aliphatic rings. The molecule has 10 heteroatoms. The van der Waals surface area contributed by atoms with Gasteiger partial charge in [-0.2, -0.15) is 10.2 Å². The first-order valence-corrected chi connectivity index (χ1v) is 16.2. The molecule has 1 aromatic carbocycles. The van der Waals surface area contributed by atoms with Crippen LogP contribution in [0.4, 0.5) is 10.2 Å². The Morgan fingerprint density at radius 3 is 2.58 bits per heavy atom. The molecule has 3 aliphatic heterocycles. The topological polar surface area (TPSA) is 92.2 Å². The van der Waals surface area contributed by atoms with Gasteiger partial charge in [0.1, 0.15) is 23.6 Å². The van der Waals surface area contributed by atoms with Crippen molar-refractivity contribution in [1.82, 2.24) is 35.6 Å². The third-order valence-corrected chi connectivity index (χ3v) is 11.5. The van der Waals surface area contributed by atoms with Crippen molar-refractivity contribution < 1.29 is 9.13 Å². The van der Waals surface area contributed by atoms with E-state index >= 15 is 0 Å². The van der Waals surface area contributed by atoms with E-state index in [1.165, 1.54) is 76.7 Å². The van der Waals surface area contributed by atoms with Gasteiger partial charge in [-0.1, -0.05) is 0 Å². The number of hydrogen-bond acceptors (Lipinski definition) is 9. The van der Waals surface area contributed by atoms with Gasteiger partial charge in [0.15, 0.2) is 5.82 Å². The number of piperidine rings is 1. The molecule has 1 spiro atoms. The lowest BCUT2D eigenvalue weighted by Gasteiger charge is -2.71. The first-order chi connectivity index (χ1) is 21.1. The van der Waals surface area contributed by atoms with Crippen molar-refractivity contribution in [3.05, 3.63) is 48.2 Å². The standard InChI is InChI=1S/C33H39FN8O/c34-24-3-4-27(26(13-24)28-25(22-1-2-22)7-11-37-39-28)43-31-30(36-20-38-40-31)41-12-8-32(17-41)18-42(19-32)29(23-5-9-35-10-6-23)33-14-21(15-33)16-33/h3-4,7,11,13,20-23,29,35H,1-2,5-6,8-10,12,14-19H2. The van der Waals surface area contributed by atoms with E-state index in [0.29, 0.717) is 40.0 Å². The SMILES string of the molecule is Fc1ccc(Oc2nncnc2N2CCC3(C2)CN(C(C2CCNCC2)C24CC(C2)C4)C3)c(-c2nnccc2C2CC2)c1. The van der Waals surface area contributed by atoms with Crippen LogP contribution in [0, 0.1) is 28.5 Å². The van der Waals surface area contributed by atoms with Crippen molar-refractivity contribution in [3.63, 3.8) is 0 Å². The van der Waals surface area contributed by atoms with Crippen LogP contribution >= 0.6 is 0 Å². The molecule has 9 nitrogen and oxygen atoms in total. The van der Waals surface area contributed by atoms with Crippen molar-refractivity contribution in [1.29, 1.82) is 0 Å². The minimum atomic E-state index is -0.343. The van der Waals surface area contributed by atoms with Crippen LogP contribution in [0.3, 0.4) is 0 Å². The molecule has 3 aromatic rings. The summed E-state index contributed by atoms with van der Waals surface area (Å²) in [5.41, 5.74) is 3.23. The third-order valence-electron chi connectivity index (χ3n) is 11.5. The molecule has 2 aromatic heterocycles. The molecule has 4 aliphatic carbocycles. The van der Waals surface area contributed by atoms with E-state index in [4.69, 9.17) is 4.74 Å². The van der Waals surface area contributed by atoms with Gasteiger partial charge >= 0.3 is 0 Å². The van der Waals surface area contributed by atoms with Crippen molar-refractivity contribution >= 4 is 5.82 Å². The smallest absolute Gasteiger partial charge is 0.282 e. The summed E-state index contributed by atoms with van der Waals surface area (Å²) in [6, 6.07) is 7.29. The van der Waals surface area contributed by atoms with E-state index in [-0.39, 0.29) is 11.2 Å². The molecule has 4 saturated carbocycles. The Hall–Kier alpha value is -3.24. The average molecular weight is 583 g/mol. The summed E-state index contributed by atoms with van der Waals surface area (Å²) >= 11 is 0. The molecule has 0 radical (unpaired) electrons. The zero-order valence-electron chi connectivity index (χ0n) is 24.6. The average Bonchev–Trinajstić information content (AvgIpc) is 3.73. The van der Waals surface area contributed by atoms with Crippen molar-refractivity contribution in [2.75, 3.05) is 44.2 Å². The number of benzene rings is 1. The third kappa shape index (κ3) is 4.43. The van der Waals surface area contributed by atoms with Crippen LogP contribution < -0.4 is 15.0 Å². The summed E-state index contributed by atoms with van der Waals surface area (Å²) < 4.78 is 20.9. The quantitative estimate of drug-likeness (QED) is 0.401. The molecule has 7 fully saturated rings. The number of halogens is 1. The Kier molecular flexibility index (Phi) is 6.02. The van der Waals surface area contributed by atoms with Gasteiger partial charge in [-0.15, -0.1) is 10.2 Å². The molecule has 1 N–H and O–H groups in total. The molecule has 1 atom stereocenters. The predicted molar refractivity (Wildman–Crippen MR) is 159 cm³/mol. The van der Waals surface area contributed by atoms with Crippen molar-refractivity contribution in [2.45, 2.75) is 63.3 Å². The van der Waals surface area contributed by atoms with Crippen LogP contribution in [0.5, 0.6) is 11.6 Å². The minimum Gasteiger partial charge on any atom is -0.434 e. The van der Waals surface area contributed by atoms with Gasteiger partial charge in [-0.3, -0.25) is 4.90 Å². The van der Waals surface area contributed by atoms with Gasteiger partial charge in [0.2, 0.25) is 0 Å². The largest absolute Gasteiger partial charge is 0.434 e. The number of ether oxygens (including phenoxy) is 1. The monoisotopic (exact) mass is 582 g/mol. The second-order valence-corrected chi connectivity index (χ2v) is 14.4. The molecule has 10 rings (SSSR count). The lowest BCUT2D eigenvalue weighted by Crippen LogP contribution is -2.72. The molecule has 43 heavy (non-hydrogen) atoms. The number of likely N-dealkylation sites (tertiary alicyclic amines) is 1. The number of aromatic nitrogens is 5. The predicted octanol–water partition coefficient (Wildman–Crippen LogP) is 4.82. The van der Waals surface area contributed by atoms with Crippen LogP contribution in [-0.4, -0.2) is 75.6 Å². The Balaban J connectivity index is 0.944. The summed E-state index contributed by atoms with van der Waals surface area (Å²) in [5, 5.41) is 20.5. The summed E-state index contributed by atoms with van der Waals surface area (Å²) in [7, 11) is 0. The van der Waals surface area contributed by atoms with E-state index in [0.717, 1.165) is 55.8 Å². The number of rotatable bonds is 8. The van der Waals surface area contributed by atoms with E-state index < -0.39 is 0 Å². The van der Waals surface area contributed by atoms with Crippen LogP contribution in [0.2, 0.25) is 0 Å². The molecule has 224 valence electrons. The highest BCUT2D eigenvalue weighted by Crippen LogP contribution is 2.69. The van der Waals surface area contributed by atoms with Gasteiger partial charge in [-0.25, -0.2) is 9.37 Å². The maximum atomic E-state index is 14.5. The van der Waals surface area contributed by atoms with E-state index in [9.17, 15) is 4.39 Å². The lowest BCUT2D eigenvalue weighted by molar-refractivity contribution is -0.207. The number of anilines is 1. The Labute approximate surface area is 251 Å². The first-order valence-electron chi connectivity index (χ1n) is 16.2. The molecule has 0 amide bonds. The Bertz CT molecular complexity index is 1520. The van der Waals surface area contributed by atoms with Crippen LogP contribution in [0.15, 0.2) is 36.8 Å². The van der Waals surface area contributed by atoms with E-state index in [2.05, 4.69) is 40.5 Å². The lowest BCUT2D eigenvalue weighted by atomic mass is 9.39. The zero-order chi connectivity index (χ0) is 28.6. The van der Waals surface area contributed by atoms with Crippen molar-refractivity contribution in [3.8, 4) is 22.9 Å². The summed E-state index contributed by atoms with van der Waals surface area (Å²) in [4.78, 5) is 9.85. The Morgan fingerprint density at radius 2 is 1.81 bits per heavy atom. The molecule has 5 heterocycles. The van der Waals surface area contributed by atoms with Crippen LogP contribution in [0.25, 0.3) is 11.3 Å². The van der Waals surface area contributed by atoms with E-state index in [1.54, 1.807) is 12.3 Å². The maximum absolute atomic E-state index is 14.5. The highest BCUT2D eigenvalue weighted by molar-refractivity contribution is 5.71. The fraction of sp³-hybridized carbons (Fsp3) is 0.606. The zero-order valence-corrected chi connectivity index (χ0v) is 24.6. The summed E-state index contributed by atoms with van der Waals surface area (Å²) in [6.45, 7) is 6.56. The first kappa shape index (κ1) is 26.2. The number of nitrogens with one attached hydrogen (secondary N) is 1. The molecule has 1 unspecified atom stereocenters. The molecular formula is C33H39FN8O. The number of nitrogens with zero attached hydrogens (tertiary/aromatic N) is 7. The fourth-order valence-electron chi connectivity index (χ4n) is 9.34. The van der Waals surface area contributed by atoms with Gasteiger partial charge in [0.25, 0.3) is 5.88 Å². The molecule has 3 saturated heterocycles. The normalized spacial score (nSPS) is 28.7. The summed E-state index contributed by atoms with van der Waals surface area (Å²) in [5.74, 6) is 3.48. The van der Waals surface area contributed by atoms with E-state index in [1.807, 2.05) is 6.07 Å². The van der Waals surface area contributed by atoms with Gasteiger partial charge in [0, 0.05) is 49.4 Å². The number of hydrogen-bond donors (Lipinski definition) is 1. The van der Waals surface area contributed by atoms with Crippen LogP contribution in [-0.2, 0) is 0 Å². The van der Waals surface area contributed by atoms with Crippen LogP contribution in [0.1, 0.15) is 62.8 Å². The Morgan fingerprint density at radius 1 is 0.977 bits per heavy atom. The second-order valence-electron chi connectivity index (χ2n) is 14.4. The highest BCUT2D eigenvalue weighted by atomic mass is 19.1. The van der Waals surface area contributed by atoms with Crippen molar-refractivity contribution in [2.24, 2.45) is 22.7 Å². The van der Waals surface area contributed by atoms with Gasteiger partial charge < -0.3 is 15.0 Å². The second kappa shape index (κ2) is 9.89. The molecule has 2 bridgehead atoms. The highest BCUT2D eigenvalue weighted by Gasteiger charge is 2.65. The summed E-state index contributed by atoms with van der Waals surface area (Å²) in [6.07, 6.45) is 13.6. The molecular weight excluding hydrogens is 543 g/mol. The van der Waals surface area contributed by atoms with Gasteiger partial charge in [-0.05, 0) is 117 Å². The maximum Gasteiger partial charge on any atom is 0.282 e. The minimum absolute atomic E-state index is 0.288.